The molecule has 0 spiro atoms. The molecular weight excluding hydrogens is 554 g/mol. The van der Waals surface area contributed by atoms with Crippen LogP contribution in [-0.4, -0.2) is 43.1 Å². The van der Waals surface area contributed by atoms with Crippen molar-refractivity contribution in [2.24, 2.45) is 0 Å². The van der Waals surface area contributed by atoms with Gasteiger partial charge < -0.3 is 10.1 Å². The molecule has 0 fully saturated rings. The Morgan fingerprint density at radius 2 is 1.80 bits per heavy atom. The summed E-state index contributed by atoms with van der Waals surface area (Å²) in [6, 6.07) is 19.7. The second kappa shape index (κ2) is 11.7. The van der Waals surface area contributed by atoms with Crippen LogP contribution in [0, 0.1) is 5.82 Å². The van der Waals surface area contributed by atoms with E-state index in [4.69, 9.17) is 27.9 Å². The Kier molecular flexibility index (Phi) is 8.12. The third-order valence-electron chi connectivity index (χ3n) is 6.88. The van der Waals surface area contributed by atoms with Crippen molar-refractivity contribution in [3.63, 3.8) is 0 Å². The first-order valence-electron chi connectivity index (χ1n) is 12.6. The molecule has 2 N–H and O–H groups in total. The molecule has 0 saturated carbocycles. The lowest BCUT2D eigenvalue weighted by atomic mass is 9.94. The Hall–Kier alpha value is -3.85. The SMILES string of the molecule is COC(=O)N1CC2=C(/C(=C/c3ccc(F)cc3)C1)N(c1ccc(Cl)cc1Cl)NC2C(=O)N[C@H](C)c1ccccc1. The maximum atomic E-state index is 13.8. The smallest absolute Gasteiger partial charge is 0.410 e. The molecule has 1 unspecified atom stereocenters. The van der Waals surface area contributed by atoms with Crippen molar-refractivity contribution in [2.75, 3.05) is 25.2 Å². The number of rotatable bonds is 5. The normalized spacial score (nSPS) is 18.5. The van der Waals surface area contributed by atoms with E-state index in [1.165, 1.54) is 24.1 Å². The van der Waals surface area contributed by atoms with Gasteiger partial charge in [0.1, 0.15) is 11.9 Å². The molecule has 206 valence electrons. The first-order chi connectivity index (χ1) is 19.2. The second-order valence-corrected chi connectivity index (χ2v) is 10.4. The van der Waals surface area contributed by atoms with Gasteiger partial charge in [-0.15, -0.1) is 0 Å². The van der Waals surface area contributed by atoms with E-state index >= 15 is 0 Å². The van der Waals surface area contributed by atoms with Crippen LogP contribution in [0.4, 0.5) is 14.9 Å². The maximum Gasteiger partial charge on any atom is 0.410 e. The number of hydrogen-bond acceptors (Lipinski definition) is 5. The van der Waals surface area contributed by atoms with Crippen molar-refractivity contribution in [3.05, 3.63) is 117 Å². The van der Waals surface area contributed by atoms with Gasteiger partial charge in [-0.25, -0.2) is 14.6 Å². The second-order valence-electron chi connectivity index (χ2n) is 9.56. The molecule has 0 radical (unpaired) electrons. The van der Waals surface area contributed by atoms with Crippen LogP contribution in [0.2, 0.25) is 10.0 Å². The lowest BCUT2D eigenvalue weighted by Gasteiger charge is -2.32. The molecular formula is C30H27Cl2FN4O3. The molecule has 2 aliphatic rings. The van der Waals surface area contributed by atoms with Gasteiger partial charge in [-0.2, -0.15) is 0 Å². The number of carbonyl (C=O) groups is 2. The van der Waals surface area contributed by atoms with Crippen LogP contribution >= 0.6 is 23.2 Å². The number of anilines is 1. The van der Waals surface area contributed by atoms with E-state index in [1.807, 2.05) is 43.3 Å². The third-order valence-corrected chi connectivity index (χ3v) is 7.41. The van der Waals surface area contributed by atoms with E-state index in [9.17, 15) is 14.0 Å². The Balaban J connectivity index is 1.60. The lowest BCUT2D eigenvalue weighted by Crippen LogP contribution is -2.48. The molecule has 2 amide bonds. The molecule has 7 nitrogen and oxygen atoms in total. The summed E-state index contributed by atoms with van der Waals surface area (Å²) >= 11 is 12.8. The van der Waals surface area contributed by atoms with Crippen LogP contribution in [0.25, 0.3) is 6.08 Å². The van der Waals surface area contributed by atoms with Crippen LogP contribution in [0.15, 0.2) is 89.6 Å². The minimum absolute atomic E-state index is 0.148. The number of ether oxygens (including phenoxy) is 1. The van der Waals surface area contributed by atoms with E-state index in [2.05, 4.69) is 10.7 Å². The molecule has 0 saturated heterocycles. The Morgan fingerprint density at radius 1 is 1.07 bits per heavy atom. The molecule has 3 aromatic rings. The summed E-state index contributed by atoms with van der Waals surface area (Å²) in [7, 11) is 1.31. The number of hydrogen-bond donors (Lipinski definition) is 2. The molecule has 3 aromatic carbocycles. The highest BCUT2D eigenvalue weighted by Crippen LogP contribution is 2.40. The fraction of sp³-hybridized carbons (Fsp3) is 0.200. The summed E-state index contributed by atoms with van der Waals surface area (Å²) in [5.74, 6) is -0.632. The topological polar surface area (TPSA) is 73.9 Å². The van der Waals surface area contributed by atoms with Crippen LogP contribution in [-0.2, 0) is 9.53 Å². The third kappa shape index (κ3) is 5.70. The van der Waals surface area contributed by atoms with E-state index in [1.54, 1.807) is 35.3 Å². The number of amides is 2. The van der Waals surface area contributed by atoms with Crippen molar-refractivity contribution < 1.29 is 18.7 Å². The molecule has 2 heterocycles. The number of methoxy groups -OCH3 is 1. The largest absolute Gasteiger partial charge is 0.453 e. The predicted octanol–water partition coefficient (Wildman–Crippen LogP) is 6.12. The van der Waals surface area contributed by atoms with Crippen molar-refractivity contribution >= 4 is 47.0 Å². The Morgan fingerprint density at radius 3 is 2.48 bits per heavy atom. The van der Waals surface area contributed by atoms with Gasteiger partial charge in [0.2, 0.25) is 5.91 Å². The number of benzene rings is 3. The molecule has 0 aliphatic carbocycles. The average Bonchev–Trinajstić information content (AvgIpc) is 3.34. The fourth-order valence-electron chi connectivity index (χ4n) is 4.93. The zero-order chi connectivity index (χ0) is 28.4. The van der Waals surface area contributed by atoms with Gasteiger partial charge in [-0.05, 0) is 60.0 Å². The van der Waals surface area contributed by atoms with E-state index < -0.39 is 12.1 Å². The minimum Gasteiger partial charge on any atom is -0.453 e. The summed E-state index contributed by atoms with van der Waals surface area (Å²) in [5.41, 5.74) is 7.64. The van der Waals surface area contributed by atoms with E-state index in [-0.39, 0.29) is 30.9 Å². The number of carbonyl (C=O) groups excluding carboxylic acids is 2. The molecule has 10 heteroatoms. The van der Waals surface area contributed by atoms with Gasteiger partial charge in [0, 0.05) is 17.1 Å². The number of halogens is 3. The predicted molar refractivity (Wildman–Crippen MR) is 154 cm³/mol. The highest BCUT2D eigenvalue weighted by molar-refractivity contribution is 6.36. The highest BCUT2D eigenvalue weighted by Gasteiger charge is 2.43. The number of nitrogens with one attached hydrogen (secondary N) is 2. The number of nitrogens with zero attached hydrogens (tertiary/aromatic N) is 2. The van der Waals surface area contributed by atoms with Gasteiger partial charge in [-0.1, -0.05) is 65.7 Å². The summed E-state index contributed by atoms with van der Waals surface area (Å²) < 4.78 is 18.7. The van der Waals surface area contributed by atoms with Crippen molar-refractivity contribution in [1.29, 1.82) is 0 Å². The van der Waals surface area contributed by atoms with Gasteiger partial charge in [-0.3, -0.25) is 14.7 Å². The van der Waals surface area contributed by atoms with Crippen LogP contribution in [0.1, 0.15) is 24.1 Å². The van der Waals surface area contributed by atoms with Gasteiger partial charge in [0.05, 0.1) is 36.1 Å². The number of hydrazine groups is 1. The first-order valence-corrected chi connectivity index (χ1v) is 13.4. The van der Waals surface area contributed by atoms with Crippen LogP contribution in [0.5, 0.6) is 0 Å². The van der Waals surface area contributed by atoms with Crippen molar-refractivity contribution in [3.8, 4) is 0 Å². The monoisotopic (exact) mass is 580 g/mol. The van der Waals surface area contributed by atoms with Crippen LogP contribution < -0.4 is 15.8 Å². The first kappa shape index (κ1) is 27.7. The zero-order valence-electron chi connectivity index (χ0n) is 21.8. The average molecular weight is 581 g/mol. The van der Waals surface area contributed by atoms with Gasteiger partial charge >= 0.3 is 6.09 Å². The van der Waals surface area contributed by atoms with Crippen LogP contribution in [0.3, 0.4) is 0 Å². The quantitative estimate of drug-likeness (QED) is 0.380. The molecule has 40 heavy (non-hydrogen) atoms. The Bertz CT molecular complexity index is 1490. The highest BCUT2D eigenvalue weighted by atomic mass is 35.5. The van der Waals surface area contributed by atoms with E-state index in [0.29, 0.717) is 32.6 Å². The lowest BCUT2D eigenvalue weighted by molar-refractivity contribution is -0.122. The molecule has 5 rings (SSSR count). The van der Waals surface area contributed by atoms with Gasteiger partial charge in [0.15, 0.2) is 0 Å². The Labute approximate surface area is 241 Å². The van der Waals surface area contributed by atoms with Crippen molar-refractivity contribution in [1.82, 2.24) is 15.6 Å². The standard InChI is InChI=1S/C30H27Cl2FN4O3/c1-18(20-6-4-3-5-7-20)34-29(38)27-24-17-36(30(39)40-2)16-21(14-19-8-11-23(33)12-9-19)28(24)37(35-27)26-13-10-22(31)15-25(26)32/h3-15,18,27,35H,16-17H2,1-2H3,(H,34,38)/b21-14+/t18-,27?/m1/s1. The molecule has 2 aliphatic heterocycles. The summed E-state index contributed by atoms with van der Waals surface area (Å²) in [5, 5.41) is 5.69. The zero-order valence-corrected chi connectivity index (χ0v) is 23.3. The van der Waals surface area contributed by atoms with Crippen molar-refractivity contribution in [2.45, 2.75) is 19.0 Å². The maximum absolute atomic E-state index is 13.8. The van der Waals surface area contributed by atoms with Gasteiger partial charge in [0.25, 0.3) is 0 Å². The summed E-state index contributed by atoms with van der Waals surface area (Å²) in [6.07, 6.45) is 1.33. The minimum atomic E-state index is -0.822. The fourth-order valence-corrected chi connectivity index (χ4v) is 5.43. The molecule has 2 atom stereocenters. The molecule has 0 bridgehead atoms. The van der Waals surface area contributed by atoms with E-state index in [0.717, 1.165) is 11.1 Å². The summed E-state index contributed by atoms with van der Waals surface area (Å²) in [6.45, 7) is 2.25. The molecule has 0 aromatic heterocycles. The summed E-state index contributed by atoms with van der Waals surface area (Å²) in [4.78, 5) is 28.0.